The SMILES string of the molecule is CN(CC1CCCOC1)C(=O)N(C)C1COCC1C(=O)O. The van der Waals surface area contributed by atoms with Crippen LogP contribution in [0.5, 0.6) is 0 Å². The predicted molar refractivity (Wildman–Crippen MR) is 75.1 cm³/mol. The normalized spacial score (nSPS) is 29.1. The Balaban J connectivity index is 1.89. The van der Waals surface area contributed by atoms with E-state index in [-0.39, 0.29) is 19.2 Å². The summed E-state index contributed by atoms with van der Waals surface area (Å²) in [6.07, 6.45) is 2.09. The van der Waals surface area contributed by atoms with Crippen molar-refractivity contribution in [3.8, 4) is 0 Å². The fourth-order valence-electron chi connectivity index (χ4n) is 2.99. The highest BCUT2D eigenvalue weighted by molar-refractivity contribution is 5.77. The lowest BCUT2D eigenvalue weighted by Crippen LogP contribution is -2.50. The van der Waals surface area contributed by atoms with E-state index in [1.54, 1.807) is 19.0 Å². The van der Waals surface area contributed by atoms with Crippen LogP contribution in [-0.4, -0.2) is 80.0 Å². The molecule has 2 saturated heterocycles. The Morgan fingerprint density at radius 1 is 1.19 bits per heavy atom. The maximum Gasteiger partial charge on any atom is 0.319 e. The number of ether oxygens (including phenoxy) is 2. The molecule has 3 unspecified atom stereocenters. The van der Waals surface area contributed by atoms with Crippen LogP contribution in [-0.2, 0) is 14.3 Å². The standard InChI is InChI=1S/C14H24N2O5/c1-15(6-10-4-3-5-20-7-10)14(19)16(2)12-9-21-8-11(12)13(17)18/h10-12H,3-9H2,1-2H3,(H,17,18). The van der Waals surface area contributed by atoms with Crippen molar-refractivity contribution in [1.82, 2.24) is 9.80 Å². The zero-order valence-corrected chi connectivity index (χ0v) is 12.7. The molecule has 7 heteroatoms. The van der Waals surface area contributed by atoms with Crippen molar-refractivity contribution in [2.75, 3.05) is 47.1 Å². The molecule has 2 rings (SSSR count). The number of carbonyl (C=O) groups is 2. The van der Waals surface area contributed by atoms with E-state index in [9.17, 15) is 9.59 Å². The van der Waals surface area contributed by atoms with Crippen LogP contribution < -0.4 is 0 Å². The minimum Gasteiger partial charge on any atom is -0.481 e. The number of carbonyl (C=O) groups excluding carboxylic acids is 1. The second kappa shape index (κ2) is 7.09. The summed E-state index contributed by atoms with van der Waals surface area (Å²) in [5.41, 5.74) is 0. The van der Waals surface area contributed by atoms with Gasteiger partial charge in [0.25, 0.3) is 0 Å². The minimum atomic E-state index is -0.916. The van der Waals surface area contributed by atoms with E-state index >= 15 is 0 Å². The molecule has 7 nitrogen and oxygen atoms in total. The second-order valence-corrected chi connectivity index (χ2v) is 5.91. The van der Waals surface area contributed by atoms with Crippen molar-refractivity contribution in [3.05, 3.63) is 0 Å². The van der Waals surface area contributed by atoms with Crippen molar-refractivity contribution in [2.24, 2.45) is 11.8 Å². The fourth-order valence-corrected chi connectivity index (χ4v) is 2.99. The molecule has 0 spiro atoms. The van der Waals surface area contributed by atoms with Crippen LogP contribution in [0.4, 0.5) is 4.79 Å². The molecule has 2 heterocycles. The number of hydrogen-bond acceptors (Lipinski definition) is 4. The van der Waals surface area contributed by atoms with Gasteiger partial charge in [-0.15, -0.1) is 0 Å². The van der Waals surface area contributed by atoms with E-state index < -0.39 is 17.9 Å². The summed E-state index contributed by atoms with van der Waals surface area (Å²) in [7, 11) is 3.39. The summed E-state index contributed by atoms with van der Waals surface area (Å²) < 4.78 is 10.6. The van der Waals surface area contributed by atoms with Crippen LogP contribution >= 0.6 is 0 Å². The zero-order valence-electron chi connectivity index (χ0n) is 12.7. The zero-order chi connectivity index (χ0) is 15.4. The van der Waals surface area contributed by atoms with Gasteiger partial charge in [0, 0.05) is 33.2 Å². The molecule has 120 valence electrons. The number of aliphatic carboxylic acids is 1. The first-order valence-electron chi connectivity index (χ1n) is 7.37. The molecule has 2 amide bonds. The Morgan fingerprint density at radius 3 is 2.57 bits per heavy atom. The molecular formula is C14H24N2O5. The van der Waals surface area contributed by atoms with Gasteiger partial charge in [0.05, 0.1) is 25.9 Å². The van der Waals surface area contributed by atoms with Gasteiger partial charge in [0.1, 0.15) is 5.92 Å². The summed E-state index contributed by atoms with van der Waals surface area (Å²) >= 11 is 0. The Kier molecular flexibility index (Phi) is 5.41. The van der Waals surface area contributed by atoms with E-state index in [1.165, 1.54) is 4.90 Å². The van der Waals surface area contributed by atoms with Crippen LogP contribution in [0.15, 0.2) is 0 Å². The van der Waals surface area contributed by atoms with Gasteiger partial charge in [-0.2, -0.15) is 0 Å². The average molecular weight is 300 g/mol. The number of nitrogens with zero attached hydrogens (tertiary/aromatic N) is 2. The molecule has 0 bridgehead atoms. The molecule has 0 radical (unpaired) electrons. The highest BCUT2D eigenvalue weighted by atomic mass is 16.5. The number of rotatable bonds is 4. The van der Waals surface area contributed by atoms with Gasteiger partial charge in [-0.25, -0.2) is 4.79 Å². The van der Waals surface area contributed by atoms with E-state index in [4.69, 9.17) is 14.6 Å². The van der Waals surface area contributed by atoms with Gasteiger partial charge in [0.2, 0.25) is 0 Å². The highest BCUT2D eigenvalue weighted by Gasteiger charge is 2.39. The minimum absolute atomic E-state index is 0.164. The maximum atomic E-state index is 12.4. The average Bonchev–Trinajstić information content (AvgIpc) is 2.96. The van der Waals surface area contributed by atoms with Crippen LogP contribution in [0.25, 0.3) is 0 Å². The van der Waals surface area contributed by atoms with Crippen molar-refractivity contribution < 1.29 is 24.2 Å². The first-order valence-corrected chi connectivity index (χ1v) is 7.37. The first kappa shape index (κ1) is 16.0. The molecule has 0 aromatic rings. The Morgan fingerprint density at radius 2 is 1.95 bits per heavy atom. The van der Waals surface area contributed by atoms with E-state index in [0.717, 1.165) is 19.4 Å². The van der Waals surface area contributed by atoms with Crippen LogP contribution in [0.3, 0.4) is 0 Å². The number of urea groups is 1. The van der Waals surface area contributed by atoms with Gasteiger partial charge >= 0.3 is 12.0 Å². The fraction of sp³-hybridized carbons (Fsp3) is 0.857. The second-order valence-electron chi connectivity index (χ2n) is 5.91. The maximum absolute atomic E-state index is 12.4. The van der Waals surface area contributed by atoms with E-state index in [1.807, 2.05) is 0 Å². The molecular weight excluding hydrogens is 276 g/mol. The highest BCUT2D eigenvalue weighted by Crippen LogP contribution is 2.21. The van der Waals surface area contributed by atoms with Crippen LogP contribution in [0.1, 0.15) is 12.8 Å². The third kappa shape index (κ3) is 3.85. The lowest BCUT2D eigenvalue weighted by molar-refractivity contribution is -0.142. The molecule has 2 aliphatic rings. The van der Waals surface area contributed by atoms with Crippen molar-refractivity contribution in [2.45, 2.75) is 18.9 Å². The summed E-state index contributed by atoms with van der Waals surface area (Å²) in [4.78, 5) is 26.8. The molecule has 1 N–H and O–H groups in total. The molecule has 21 heavy (non-hydrogen) atoms. The van der Waals surface area contributed by atoms with Gasteiger partial charge in [-0.3, -0.25) is 4.79 Å². The Labute approximate surface area is 124 Å². The largest absolute Gasteiger partial charge is 0.481 e. The molecule has 2 aliphatic heterocycles. The summed E-state index contributed by atoms with van der Waals surface area (Å²) in [6.45, 7) is 2.56. The topological polar surface area (TPSA) is 79.3 Å². The molecule has 0 aromatic carbocycles. The molecule has 2 fully saturated rings. The quantitative estimate of drug-likeness (QED) is 0.817. The Bertz CT molecular complexity index is 384. The third-order valence-electron chi connectivity index (χ3n) is 4.28. The lowest BCUT2D eigenvalue weighted by atomic mass is 10.0. The van der Waals surface area contributed by atoms with Crippen molar-refractivity contribution >= 4 is 12.0 Å². The monoisotopic (exact) mass is 300 g/mol. The smallest absolute Gasteiger partial charge is 0.319 e. The van der Waals surface area contributed by atoms with Crippen LogP contribution in [0.2, 0.25) is 0 Å². The number of amides is 2. The molecule has 3 atom stereocenters. The van der Waals surface area contributed by atoms with E-state index in [2.05, 4.69) is 0 Å². The van der Waals surface area contributed by atoms with Gasteiger partial charge in [-0.05, 0) is 12.8 Å². The first-order chi connectivity index (χ1) is 10.0. The number of carboxylic acid groups (broad SMARTS) is 1. The van der Waals surface area contributed by atoms with Crippen LogP contribution in [0, 0.1) is 11.8 Å². The summed E-state index contributed by atoms with van der Waals surface area (Å²) in [5.74, 6) is -1.21. The molecule has 0 saturated carbocycles. The van der Waals surface area contributed by atoms with Gasteiger partial charge < -0.3 is 24.4 Å². The number of likely N-dealkylation sites (N-methyl/N-ethyl adjacent to an activating group) is 1. The number of carboxylic acids is 1. The number of hydrogen-bond donors (Lipinski definition) is 1. The van der Waals surface area contributed by atoms with Crippen molar-refractivity contribution in [1.29, 1.82) is 0 Å². The van der Waals surface area contributed by atoms with Crippen molar-refractivity contribution in [3.63, 3.8) is 0 Å². The third-order valence-corrected chi connectivity index (χ3v) is 4.28. The summed E-state index contributed by atoms with van der Waals surface area (Å²) in [5, 5.41) is 9.17. The lowest BCUT2D eigenvalue weighted by Gasteiger charge is -2.33. The van der Waals surface area contributed by atoms with Gasteiger partial charge in [-0.1, -0.05) is 0 Å². The molecule has 0 aromatic heterocycles. The Hall–Kier alpha value is -1.34. The summed E-state index contributed by atoms with van der Waals surface area (Å²) in [6, 6.07) is -0.567. The molecule has 0 aliphatic carbocycles. The predicted octanol–water partition coefficient (Wildman–Crippen LogP) is 0.496. The van der Waals surface area contributed by atoms with E-state index in [0.29, 0.717) is 19.1 Å². The van der Waals surface area contributed by atoms with Gasteiger partial charge in [0.15, 0.2) is 0 Å².